The molecule has 260 valence electrons. The van der Waals surface area contributed by atoms with Crippen molar-refractivity contribution in [1.82, 2.24) is 24.6 Å². The van der Waals surface area contributed by atoms with Crippen LogP contribution in [0.1, 0.15) is 18.9 Å². The zero-order valence-electron chi connectivity index (χ0n) is 27.2. The molecule has 0 atom stereocenters. The van der Waals surface area contributed by atoms with Gasteiger partial charge in [0.2, 0.25) is 0 Å². The average molecular weight is 685 g/mol. The fraction of sp³-hybridized carbons (Fsp3) is 0.485. The molecular weight excluding hydrogens is 640 g/mol. The lowest BCUT2D eigenvalue weighted by molar-refractivity contribution is -0.00683. The zero-order valence-corrected chi connectivity index (χ0v) is 28.1. The predicted molar refractivity (Wildman–Crippen MR) is 180 cm³/mol. The van der Waals surface area contributed by atoms with Crippen molar-refractivity contribution in [3.63, 3.8) is 0 Å². The maximum atomic E-state index is 10.9. The second-order valence-electron chi connectivity index (χ2n) is 11.2. The topological polar surface area (TPSA) is 162 Å². The third-order valence-electron chi connectivity index (χ3n) is 7.72. The normalized spacial score (nSPS) is 14.5. The molecule has 14 nitrogen and oxygen atoms in total. The van der Waals surface area contributed by atoms with E-state index in [1.165, 1.54) is 6.33 Å². The van der Waals surface area contributed by atoms with E-state index in [1.54, 1.807) is 0 Å². The Hall–Kier alpha value is -3.70. The van der Waals surface area contributed by atoms with E-state index in [0.29, 0.717) is 52.1 Å². The van der Waals surface area contributed by atoms with E-state index >= 15 is 0 Å². The first-order chi connectivity index (χ1) is 23.4. The summed E-state index contributed by atoms with van der Waals surface area (Å²) in [6.45, 7) is 6.20. The second-order valence-corrected chi connectivity index (χ2v) is 12.9. The van der Waals surface area contributed by atoms with Crippen LogP contribution in [0.3, 0.4) is 0 Å². The van der Waals surface area contributed by atoms with Gasteiger partial charge in [-0.3, -0.25) is 4.18 Å². The molecule has 2 aromatic carbocycles. The van der Waals surface area contributed by atoms with Crippen LogP contribution >= 0.6 is 0 Å². The Bertz CT molecular complexity index is 1650. The molecule has 3 heterocycles. The van der Waals surface area contributed by atoms with E-state index in [1.807, 2.05) is 59.3 Å². The van der Waals surface area contributed by atoms with Gasteiger partial charge in [-0.1, -0.05) is 18.2 Å². The van der Waals surface area contributed by atoms with Crippen molar-refractivity contribution >= 4 is 27.0 Å². The molecule has 1 saturated heterocycles. The Morgan fingerprint density at radius 3 is 1.98 bits per heavy atom. The minimum absolute atomic E-state index is 0.00109. The molecule has 2 N–H and O–H groups in total. The van der Waals surface area contributed by atoms with Crippen LogP contribution in [0.2, 0.25) is 0 Å². The van der Waals surface area contributed by atoms with Crippen LogP contribution in [-0.4, -0.2) is 118 Å². The first-order valence-electron chi connectivity index (χ1n) is 16.1. The molecule has 0 amide bonds. The number of ether oxygens (including phenoxy) is 5. The third kappa shape index (κ3) is 10.9. The minimum atomic E-state index is -3.43. The molecule has 2 aromatic heterocycles. The summed E-state index contributed by atoms with van der Waals surface area (Å²) in [6.07, 6.45) is 4.38. The highest BCUT2D eigenvalue weighted by atomic mass is 32.2. The fourth-order valence-electron chi connectivity index (χ4n) is 5.34. The van der Waals surface area contributed by atoms with Gasteiger partial charge in [0.1, 0.15) is 29.3 Å². The predicted octanol–water partition coefficient (Wildman–Crippen LogP) is 3.55. The number of hydrogen-bond acceptors (Lipinski definition) is 13. The maximum absolute atomic E-state index is 10.9. The number of piperidine rings is 1. The van der Waals surface area contributed by atoms with Crippen LogP contribution in [-0.2, 0) is 33.2 Å². The smallest absolute Gasteiger partial charge is 0.264 e. The minimum Gasteiger partial charge on any atom is -0.457 e. The molecule has 4 aromatic rings. The van der Waals surface area contributed by atoms with Crippen molar-refractivity contribution in [2.45, 2.75) is 18.9 Å². The van der Waals surface area contributed by atoms with Gasteiger partial charge >= 0.3 is 0 Å². The van der Waals surface area contributed by atoms with Gasteiger partial charge in [0.25, 0.3) is 10.1 Å². The van der Waals surface area contributed by atoms with Gasteiger partial charge in [-0.2, -0.15) is 13.5 Å². The molecule has 1 aliphatic heterocycles. The molecule has 0 unspecified atom stereocenters. The molecule has 0 aliphatic carbocycles. The van der Waals surface area contributed by atoms with Crippen LogP contribution in [0.5, 0.6) is 11.5 Å². The van der Waals surface area contributed by atoms with Crippen LogP contribution in [0.15, 0.2) is 60.9 Å². The summed E-state index contributed by atoms with van der Waals surface area (Å²) < 4.78 is 56.3. The van der Waals surface area contributed by atoms with Gasteiger partial charge in [-0.25, -0.2) is 14.6 Å². The van der Waals surface area contributed by atoms with Crippen molar-refractivity contribution in [2.24, 2.45) is 0 Å². The first-order valence-corrected chi connectivity index (χ1v) is 17.9. The number of para-hydroxylation sites is 1. The van der Waals surface area contributed by atoms with Gasteiger partial charge in [-0.15, -0.1) is 0 Å². The number of anilines is 1. The number of rotatable bonds is 20. The number of likely N-dealkylation sites (tertiary alicyclic amines) is 1. The Morgan fingerprint density at radius 2 is 1.35 bits per heavy atom. The van der Waals surface area contributed by atoms with Gasteiger partial charge in [0, 0.05) is 25.2 Å². The molecule has 0 saturated carbocycles. The van der Waals surface area contributed by atoms with Crippen molar-refractivity contribution in [2.75, 3.05) is 91.1 Å². The van der Waals surface area contributed by atoms with Crippen LogP contribution < -0.4 is 10.5 Å². The van der Waals surface area contributed by atoms with Crippen molar-refractivity contribution < 1.29 is 36.3 Å². The summed E-state index contributed by atoms with van der Waals surface area (Å²) >= 11 is 0. The molecule has 1 fully saturated rings. The van der Waals surface area contributed by atoms with Crippen molar-refractivity contribution in [3.8, 4) is 22.8 Å². The third-order valence-corrected chi connectivity index (χ3v) is 8.32. The van der Waals surface area contributed by atoms with Crippen LogP contribution in [0, 0.1) is 0 Å². The summed E-state index contributed by atoms with van der Waals surface area (Å²) in [6, 6.07) is 17.7. The summed E-state index contributed by atoms with van der Waals surface area (Å²) in [5.41, 5.74) is 8.80. The Morgan fingerprint density at radius 1 is 0.771 bits per heavy atom. The van der Waals surface area contributed by atoms with Gasteiger partial charge < -0.3 is 34.3 Å². The molecule has 1 aliphatic rings. The quantitative estimate of drug-likeness (QED) is 0.106. The Balaban J connectivity index is 0.988. The van der Waals surface area contributed by atoms with E-state index in [2.05, 4.69) is 19.1 Å². The van der Waals surface area contributed by atoms with E-state index in [4.69, 9.17) is 34.5 Å². The molecule has 0 bridgehead atoms. The molecule has 0 radical (unpaired) electrons. The largest absolute Gasteiger partial charge is 0.457 e. The van der Waals surface area contributed by atoms with Gasteiger partial charge in [0.05, 0.1) is 77.1 Å². The van der Waals surface area contributed by atoms with Gasteiger partial charge in [-0.05, 0) is 49.2 Å². The highest BCUT2D eigenvalue weighted by molar-refractivity contribution is 7.85. The zero-order chi connectivity index (χ0) is 33.6. The number of fused-ring (bicyclic) bond motifs is 1. The molecule has 15 heteroatoms. The number of aromatic nitrogens is 4. The lowest BCUT2D eigenvalue weighted by atomic mass is 10.1. The average Bonchev–Trinajstić information content (AvgIpc) is 3.48. The van der Waals surface area contributed by atoms with E-state index < -0.39 is 10.1 Å². The Labute approximate surface area is 281 Å². The molecular formula is C33H44N6O8S. The SMILES string of the molecule is CS(=O)(=O)OCCOCCOCCOCCOCCN1CCC(n2nc(-c3ccc(Oc4ccccc4)cc3)c3c(N)ncnc32)CC1. The number of nitrogens with zero attached hydrogens (tertiary/aromatic N) is 5. The maximum Gasteiger partial charge on any atom is 0.264 e. The molecule has 5 rings (SSSR count). The highest BCUT2D eigenvalue weighted by Crippen LogP contribution is 2.35. The number of benzene rings is 2. The fourth-order valence-corrected chi connectivity index (χ4v) is 5.72. The summed E-state index contributed by atoms with van der Waals surface area (Å²) in [4.78, 5) is 11.3. The summed E-state index contributed by atoms with van der Waals surface area (Å²) in [5, 5.41) is 5.80. The van der Waals surface area contributed by atoms with Crippen molar-refractivity contribution in [1.29, 1.82) is 0 Å². The lowest BCUT2D eigenvalue weighted by Crippen LogP contribution is -2.37. The van der Waals surface area contributed by atoms with Crippen LogP contribution in [0.4, 0.5) is 5.82 Å². The number of nitrogens with two attached hydrogens (primary N) is 1. The molecule has 0 spiro atoms. The monoisotopic (exact) mass is 684 g/mol. The Kier molecular flexibility index (Phi) is 13.5. The summed E-state index contributed by atoms with van der Waals surface area (Å²) in [5.74, 6) is 1.93. The van der Waals surface area contributed by atoms with E-state index in [0.717, 1.165) is 72.5 Å². The van der Waals surface area contributed by atoms with Crippen molar-refractivity contribution in [3.05, 3.63) is 60.9 Å². The molecule has 48 heavy (non-hydrogen) atoms. The standard InChI is InChI=1S/C33H44N6O8S/c1-48(40,41)46-24-23-45-22-21-44-20-19-43-18-17-42-16-15-38-13-11-27(12-14-38)39-33-30(32(34)35-25-36-33)31(37-39)26-7-9-29(10-8-26)47-28-5-3-2-4-6-28/h2-10,25,27H,11-24H2,1H3,(H2,34,35,36). The first kappa shape index (κ1) is 35.6. The van der Waals surface area contributed by atoms with E-state index in [9.17, 15) is 8.42 Å². The second kappa shape index (κ2) is 18.2. The van der Waals surface area contributed by atoms with Gasteiger partial charge in [0.15, 0.2) is 5.65 Å². The lowest BCUT2D eigenvalue weighted by Gasteiger charge is -2.32. The number of hydrogen-bond donors (Lipinski definition) is 1. The highest BCUT2D eigenvalue weighted by Gasteiger charge is 2.26. The summed E-state index contributed by atoms with van der Waals surface area (Å²) in [7, 11) is -3.43. The number of nitrogen functional groups attached to an aromatic ring is 1. The van der Waals surface area contributed by atoms with E-state index in [-0.39, 0.29) is 19.3 Å². The van der Waals surface area contributed by atoms with Crippen LogP contribution in [0.25, 0.3) is 22.3 Å².